The zero-order valence-corrected chi connectivity index (χ0v) is 74.7. The molecule has 8 heterocycles. The Kier molecular flexibility index (Phi) is 26.9. The molecular weight excluding hydrogens is 1700 g/mol. The van der Waals surface area contributed by atoms with E-state index in [1.807, 2.05) is 136 Å². The highest BCUT2D eigenvalue weighted by atomic mass is 35.5. The smallest absolute Gasteiger partial charge is 0.573 e. The fourth-order valence-electron chi connectivity index (χ4n) is 17.1. The maximum absolute atomic E-state index is 13.3. The van der Waals surface area contributed by atoms with Gasteiger partial charge in [0, 0.05) is 86.0 Å². The van der Waals surface area contributed by atoms with Gasteiger partial charge in [0.25, 0.3) is 0 Å². The number of nitrogens with zero attached hydrogens (tertiary/aromatic N) is 4. The van der Waals surface area contributed by atoms with E-state index < -0.39 is 39.1 Å². The van der Waals surface area contributed by atoms with Crippen molar-refractivity contribution in [3.8, 4) is 90.6 Å². The number of anilines is 1. The van der Waals surface area contributed by atoms with E-state index in [4.69, 9.17) is 49.9 Å². The number of alkyl halides is 3. The first-order valence-corrected chi connectivity index (χ1v) is 44.9. The third kappa shape index (κ3) is 20.5. The number of fused-ring (bicyclic) bond motifs is 3. The molecule has 3 N–H and O–H groups in total. The van der Waals surface area contributed by atoms with Gasteiger partial charge in [-0.3, -0.25) is 38.3 Å². The van der Waals surface area contributed by atoms with E-state index in [0.29, 0.717) is 78.3 Å². The van der Waals surface area contributed by atoms with Crippen LogP contribution < -0.4 is 48.5 Å². The van der Waals surface area contributed by atoms with Crippen molar-refractivity contribution in [2.24, 2.45) is 0 Å². The van der Waals surface area contributed by atoms with Crippen LogP contribution >= 0.6 is 11.6 Å². The molecule has 12 aromatic rings. The predicted molar refractivity (Wildman–Crippen MR) is 494 cm³/mol. The lowest BCUT2D eigenvalue weighted by Crippen LogP contribution is -2.28. The van der Waals surface area contributed by atoms with E-state index in [-0.39, 0.29) is 58.6 Å². The van der Waals surface area contributed by atoms with Crippen LogP contribution in [-0.4, -0.2) is 110 Å². The summed E-state index contributed by atoms with van der Waals surface area (Å²) >= 11 is 3.83. The summed E-state index contributed by atoms with van der Waals surface area (Å²) in [5.41, 5.74) is 17.5. The van der Waals surface area contributed by atoms with Crippen molar-refractivity contribution in [1.82, 2.24) is 25.3 Å². The highest BCUT2D eigenvalue weighted by molar-refractivity contribution is 7.79. The molecule has 0 radical (unpaired) electrons. The second-order valence-electron chi connectivity index (χ2n) is 34.4. The van der Waals surface area contributed by atoms with Crippen molar-refractivity contribution >= 4 is 51.8 Å². The monoisotopic (exact) mass is 1800 g/mol. The number of ether oxygens (including phenoxy) is 8. The van der Waals surface area contributed by atoms with Crippen molar-refractivity contribution in [1.29, 1.82) is 0 Å². The summed E-state index contributed by atoms with van der Waals surface area (Å²) in [4.78, 5) is 71.3. The first-order chi connectivity index (χ1) is 62.6. The maximum Gasteiger partial charge on any atom is 0.573 e. The lowest BCUT2D eigenvalue weighted by atomic mass is 9.87. The number of nitrogens with one attached hydrogen (secondary N) is 2. The number of aryl methyl sites for hydroxylation is 2. The quantitative estimate of drug-likeness (QED) is 0.0474. The van der Waals surface area contributed by atoms with Crippen LogP contribution in [0.5, 0.6) is 46.0 Å². The second kappa shape index (κ2) is 38.6. The molecule has 20 rings (SSSR count). The summed E-state index contributed by atoms with van der Waals surface area (Å²) < 4.78 is 101. The fraction of sp³-hybridized carbons (Fsp3) is 0.308. The highest BCUT2D eigenvalue weighted by Gasteiger charge is 2.54. The number of pyridine rings is 4. The van der Waals surface area contributed by atoms with Crippen LogP contribution in [0, 0.1) is 27.7 Å². The first kappa shape index (κ1) is 90.7. The van der Waals surface area contributed by atoms with Crippen LogP contribution in [0.4, 0.5) is 19.0 Å². The van der Waals surface area contributed by atoms with E-state index >= 15 is 0 Å². The van der Waals surface area contributed by atoms with Gasteiger partial charge in [0.2, 0.25) is 26.3 Å². The van der Waals surface area contributed by atoms with Gasteiger partial charge in [-0.25, -0.2) is 4.98 Å². The number of benzene rings is 8. The van der Waals surface area contributed by atoms with Crippen molar-refractivity contribution < 1.29 is 88.4 Å². The third-order valence-electron chi connectivity index (χ3n) is 25.7. The topological polar surface area (TPSA) is 278 Å². The molecule has 4 aromatic heterocycles. The second-order valence-corrected chi connectivity index (χ2v) is 35.7. The molecule has 2 atom stereocenters. The number of carbonyl (C=O) groups is 4. The molecule has 1 saturated heterocycles. The Hall–Kier alpha value is -12.7. The van der Waals surface area contributed by atoms with Gasteiger partial charge in [0.15, 0.2) is 34.5 Å². The van der Waals surface area contributed by atoms with Crippen molar-refractivity contribution in [2.75, 3.05) is 46.0 Å². The molecule has 4 aliphatic carbocycles. The van der Waals surface area contributed by atoms with Gasteiger partial charge >= 0.3 is 6.36 Å². The number of Topliss-reactive ketones (excluding diaryl/α,β-unsaturated/α-hetero) is 3. The van der Waals surface area contributed by atoms with Crippen LogP contribution in [0.1, 0.15) is 155 Å². The van der Waals surface area contributed by atoms with Gasteiger partial charge in [0.1, 0.15) is 34.7 Å². The number of amides is 1. The summed E-state index contributed by atoms with van der Waals surface area (Å²) in [5.74, 6) is 6.05. The minimum Gasteiger partial charge on any atom is -0.768 e. The lowest BCUT2D eigenvalue weighted by Gasteiger charge is -2.17. The Balaban J connectivity index is 0.000000146. The maximum atomic E-state index is 13.3. The van der Waals surface area contributed by atoms with Gasteiger partial charge in [-0.05, 0) is 291 Å². The number of rotatable bonds is 24. The summed E-state index contributed by atoms with van der Waals surface area (Å²) in [7, 11) is 1.66. The van der Waals surface area contributed by atoms with Crippen molar-refractivity contribution in [2.45, 2.75) is 170 Å². The SMILES string of the molecule is COc1ccc(-c2cnc(CC(=O)C3(c4ccc5c(c4)OCO5)CC3)c(C)c2)cc1.Cc1c(-c2cccc(Cl)c2)cnc(CC(=O)C2(c3ccc4c(c3)OCO4)CC2)c1C.Cc1cc(CC(=O)C2(c3ccc4c(c3)OCO4)CC2)ncc1-c1cccc(C(C)C)c1.O=C(Nc1cccc(-c2ccc(S(=O)[O-])cc2)n1)C1(c2ccc(OC(F)(F)F)cc2)CC1.OC[C@H]1CCCN1.[HH].[HH].[HH]. The zero-order chi connectivity index (χ0) is 91.2. The number of methoxy groups -OCH3 is 1. The normalized spacial score (nSPS) is 16.6. The van der Waals surface area contributed by atoms with E-state index in [0.717, 1.165) is 176 Å². The number of aliphatic hydroxyl groups is 1. The van der Waals surface area contributed by atoms with Crippen molar-refractivity contribution in [3.05, 3.63) is 297 Å². The Bertz CT molecular complexity index is 6270. The molecule has 0 bridgehead atoms. The molecule has 21 nitrogen and oxygen atoms in total. The summed E-state index contributed by atoms with van der Waals surface area (Å²) in [6.07, 6.45) is 10.6. The molecule has 8 aliphatic rings. The minimum atomic E-state index is -4.78. The van der Waals surface area contributed by atoms with Gasteiger partial charge in [0.05, 0.1) is 52.5 Å². The van der Waals surface area contributed by atoms with Crippen molar-refractivity contribution in [3.63, 3.8) is 0 Å². The lowest BCUT2D eigenvalue weighted by molar-refractivity contribution is -0.274. The molecule has 130 heavy (non-hydrogen) atoms. The molecule has 1 unspecified atom stereocenters. The fourth-order valence-corrected chi connectivity index (χ4v) is 17.7. The summed E-state index contributed by atoms with van der Waals surface area (Å²) in [6, 6.07) is 62.9. The van der Waals surface area contributed by atoms with Crippen LogP contribution in [0.2, 0.25) is 5.02 Å². The van der Waals surface area contributed by atoms with Crippen LogP contribution in [0.25, 0.3) is 44.6 Å². The Morgan fingerprint density at radius 3 is 1.55 bits per heavy atom. The van der Waals surface area contributed by atoms with E-state index in [1.54, 1.807) is 37.4 Å². The average Bonchev–Trinajstić information content (AvgIpc) is 1.60. The van der Waals surface area contributed by atoms with E-state index in [2.05, 4.69) is 99.4 Å². The van der Waals surface area contributed by atoms with E-state index in [1.165, 1.54) is 53.9 Å². The largest absolute Gasteiger partial charge is 0.768 e. The van der Waals surface area contributed by atoms with Crippen LogP contribution in [-0.2, 0) is 71.2 Å². The average molecular weight is 1800 g/mol. The number of ketones is 3. The van der Waals surface area contributed by atoms with Crippen LogP contribution in [0.3, 0.4) is 0 Å². The molecule has 5 fully saturated rings. The van der Waals surface area contributed by atoms with Crippen LogP contribution in [0.15, 0.2) is 230 Å². The molecule has 1 amide bonds. The van der Waals surface area contributed by atoms with Gasteiger partial charge < -0.3 is 58.2 Å². The third-order valence-corrected chi connectivity index (χ3v) is 26.6. The summed E-state index contributed by atoms with van der Waals surface area (Å²) in [6.45, 7) is 14.7. The van der Waals surface area contributed by atoms with E-state index in [9.17, 15) is 41.1 Å². The van der Waals surface area contributed by atoms with Gasteiger partial charge in [-0.1, -0.05) is 123 Å². The molecule has 0 spiro atoms. The predicted octanol–water partition coefficient (Wildman–Crippen LogP) is 21.0. The summed E-state index contributed by atoms with van der Waals surface area (Å²) in [5, 5.41) is 15.1. The molecule has 8 aromatic carbocycles. The Morgan fingerprint density at radius 1 is 0.538 bits per heavy atom. The number of hydrogen-bond donors (Lipinski definition) is 3. The number of aliphatic hydroxyl groups excluding tert-OH is 1. The standard InChI is InChI=1S/C27H27NO3.C25H22ClNO3.C25H23NO4.C22H17F3N2O4S.C5H11NO.3H2/c1-17(2)19-5-4-6-20(12-19)23-15-28-22(11-18(23)3)14-26(29)27(9-10-27)21-7-8-24-25(13-21)31-16-30-24;1-15-16(2)21(27-13-20(15)17-4-3-5-19(26)10-17)12-24(28)25(8-9-25)18-6-7-22-23(11-18)30-14-29-22;1-16-11-18(17-3-6-20(28-2)7-4-17)14-26-21(16)13-24(27)25(9-10-25)19-5-8-22-23(12-19)30-15-29-22;23-22(24,25)31-16-8-6-15(7-9-16)21(12-13-21)20(28)27-19-3-1-2-18(26-19)14-4-10-17(11-5-14)32(29)30;7-4-5-2-1-3-6-5;;;/h4-8,11-13,15,17H,9-10,14,16H2,1-3H3;3-7,10-11,13H,8-9,12,14H2,1-2H3;3-8,11-12,14H,9-10,13,15H2,1-2H3;1-11H,12-13H2,(H,29,30)(H,26,27,28);5-7H,1-4H2;3*1H/p-1/t;;;;5-;;;/m....1.../s1. The van der Waals surface area contributed by atoms with Gasteiger partial charge in [-0.15, -0.1) is 13.2 Å². The minimum absolute atomic E-state index is 0. The molecule has 4 saturated carbocycles. The zero-order valence-electron chi connectivity index (χ0n) is 73.1. The first-order valence-electron chi connectivity index (χ1n) is 43.5. The highest BCUT2D eigenvalue weighted by Crippen LogP contribution is 2.55. The Labute approximate surface area is 764 Å². The number of carbonyl (C=O) groups excluding carboxylic acids is 4. The molecule has 676 valence electrons. The number of hydrogen-bond acceptors (Lipinski definition) is 20. The molecular formula is C104H105ClF3N6O15S-. The molecule has 26 heteroatoms. The van der Waals surface area contributed by atoms with Gasteiger partial charge in [-0.2, -0.15) is 0 Å². The number of aromatic nitrogens is 4. The Morgan fingerprint density at radius 2 is 1.05 bits per heavy atom. The molecule has 4 aliphatic heterocycles. The number of halogens is 4.